The highest BCUT2D eigenvalue weighted by atomic mass is 16.2. The highest BCUT2D eigenvalue weighted by molar-refractivity contribution is 6.49. The Balaban J connectivity index is 1.53. The minimum absolute atomic E-state index is 0.376. The van der Waals surface area contributed by atoms with Crippen LogP contribution in [0.1, 0.15) is 105 Å². The zero-order valence-corrected chi connectivity index (χ0v) is 16.4. The molecule has 2 nitrogen and oxygen atoms in total. The number of carbonyl (C=O) groups is 2. The zero-order valence-electron chi connectivity index (χ0n) is 16.4. The fourth-order valence-corrected chi connectivity index (χ4v) is 3.66. The molecule has 0 fully saturated rings. The second-order valence-corrected chi connectivity index (χ2v) is 7.59. The van der Waals surface area contributed by atoms with Crippen molar-refractivity contribution >= 4 is 17.6 Å². The third-order valence-corrected chi connectivity index (χ3v) is 5.32. The van der Waals surface area contributed by atoms with Crippen LogP contribution in [0.3, 0.4) is 0 Å². The van der Waals surface area contributed by atoms with Gasteiger partial charge in [-0.05, 0) is 30.0 Å². The van der Waals surface area contributed by atoms with E-state index in [1.54, 1.807) is 6.08 Å². The Morgan fingerprint density at radius 1 is 0.692 bits per heavy atom. The molecule has 0 N–H and O–H groups in total. The molecule has 0 radical (unpaired) electrons. The molecular weight excluding hydrogens is 320 g/mol. The molecule has 0 saturated heterocycles. The summed E-state index contributed by atoms with van der Waals surface area (Å²) < 4.78 is 0. The summed E-state index contributed by atoms with van der Waals surface area (Å²) in [5.41, 5.74) is 2.71. The Bertz CT molecular complexity index is 613. The molecule has 0 spiro atoms. The maximum Gasteiger partial charge on any atom is 0.233 e. The normalized spacial score (nSPS) is 13.3. The van der Waals surface area contributed by atoms with E-state index >= 15 is 0 Å². The van der Waals surface area contributed by atoms with Crippen LogP contribution in [-0.2, 0) is 11.2 Å². The number of ketones is 2. The molecule has 1 aliphatic rings. The number of unbranched alkanes of at least 4 members (excludes halogenated alkanes) is 11. The number of Topliss-reactive ketones (excluding diaryl/α,β-unsaturated/α-hetero) is 1. The number of fused-ring (bicyclic) bond motifs is 1. The Kier molecular flexibility index (Phi) is 9.38. The smallest absolute Gasteiger partial charge is 0.233 e. The lowest BCUT2D eigenvalue weighted by Crippen LogP contribution is -2.16. The van der Waals surface area contributed by atoms with Gasteiger partial charge in [0.05, 0.1) is 0 Å². The van der Waals surface area contributed by atoms with Crippen LogP contribution in [0.15, 0.2) is 24.3 Å². The van der Waals surface area contributed by atoms with Crippen molar-refractivity contribution in [3.63, 3.8) is 0 Å². The second kappa shape index (κ2) is 11.8. The first kappa shape index (κ1) is 20.6. The molecule has 142 valence electrons. The van der Waals surface area contributed by atoms with Crippen molar-refractivity contribution in [3.8, 4) is 0 Å². The van der Waals surface area contributed by atoms with Crippen molar-refractivity contribution in [2.24, 2.45) is 0 Å². The number of benzene rings is 1. The number of aryl methyl sites for hydroxylation is 1. The summed E-state index contributed by atoms with van der Waals surface area (Å²) in [5, 5.41) is 0. The van der Waals surface area contributed by atoms with Gasteiger partial charge in [0.25, 0.3) is 0 Å². The van der Waals surface area contributed by atoms with Crippen LogP contribution in [-0.4, -0.2) is 11.6 Å². The largest absolute Gasteiger partial charge is 0.286 e. The molecule has 0 aromatic heterocycles. The average molecular weight is 355 g/mol. The van der Waals surface area contributed by atoms with Crippen LogP contribution < -0.4 is 0 Å². The van der Waals surface area contributed by atoms with Gasteiger partial charge in [-0.25, -0.2) is 0 Å². The topological polar surface area (TPSA) is 34.1 Å². The molecule has 1 aliphatic carbocycles. The van der Waals surface area contributed by atoms with Gasteiger partial charge in [0.1, 0.15) is 0 Å². The number of carbonyl (C=O) groups excluding carboxylic acids is 2. The molecule has 0 atom stereocenters. The third kappa shape index (κ3) is 6.90. The monoisotopic (exact) mass is 354 g/mol. The van der Waals surface area contributed by atoms with Gasteiger partial charge in [0.15, 0.2) is 0 Å². The summed E-state index contributed by atoms with van der Waals surface area (Å²) in [6.07, 6.45) is 20.6. The Labute approximate surface area is 159 Å². The van der Waals surface area contributed by atoms with Gasteiger partial charge in [-0.3, -0.25) is 9.59 Å². The maximum absolute atomic E-state index is 11.8. The van der Waals surface area contributed by atoms with Gasteiger partial charge < -0.3 is 0 Å². The molecule has 0 heterocycles. The van der Waals surface area contributed by atoms with Crippen LogP contribution in [0, 0.1) is 0 Å². The molecule has 1 aromatic rings. The van der Waals surface area contributed by atoms with Gasteiger partial charge in [-0.2, -0.15) is 0 Å². The average Bonchev–Trinajstić information content (AvgIpc) is 2.65. The number of allylic oxidation sites excluding steroid dienone is 1. The lowest BCUT2D eigenvalue weighted by Gasteiger charge is -2.10. The van der Waals surface area contributed by atoms with Crippen molar-refractivity contribution < 1.29 is 9.59 Å². The standard InChI is InChI=1S/C24H34O2/c1-2-3-4-5-6-7-8-9-10-11-12-13-14-20-15-17-22-21(19-20)16-18-23(25)24(22)26/h15-19H,2-14H2,1H3. The summed E-state index contributed by atoms with van der Waals surface area (Å²) in [4.78, 5) is 23.2. The molecular formula is C24H34O2. The molecule has 0 amide bonds. The molecule has 2 rings (SSSR count). The van der Waals surface area contributed by atoms with Crippen molar-refractivity contribution in [3.05, 3.63) is 41.0 Å². The van der Waals surface area contributed by atoms with Crippen LogP contribution in [0.2, 0.25) is 0 Å². The predicted octanol–water partition coefficient (Wildman–Crippen LogP) is 6.71. The summed E-state index contributed by atoms with van der Waals surface area (Å²) in [7, 11) is 0. The molecule has 26 heavy (non-hydrogen) atoms. The quantitative estimate of drug-likeness (QED) is 0.291. The summed E-state index contributed by atoms with van der Waals surface area (Å²) >= 11 is 0. The summed E-state index contributed by atoms with van der Waals surface area (Å²) in [6.45, 7) is 2.27. The predicted molar refractivity (Wildman–Crippen MR) is 110 cm³/mol. The Morgan fingerprint density at radius 3 is 1.88 bits per heavy atom. The second-order valence-electron chi connectivity index (χ2n) is 7.59. The molecule has 0 unspecified atom stereocenters. The van der Waals surface area contributed by atoms with E-state index in [1.165, 1.54) is 88.7 Å². The van der Waals surface area contributed by atoms with Gasteiger partial charge in [0.2, 0.25) is 11.6 Å². The number of rotatable bonds is 13. The lowest BCUT2D eigenvalue weighted by atomic mass is 9.92. The van der Waals surface area contributed by atoms with Crippen LogP contribution in [0.5, 0.6) is 0 Å². The van der Waals surface area contributed by atoms with Crippen LogP contribution in [0.25, 0.3) is 6.08 Å². The van der Waals surface area contributed by atoms with Gasteiger partial charge in [0, 0.05) is 5.56 Å². The third-order valence-electron chi connectivity index (χ3n) is 5.32. The summed E-state index contributed by atoms with van der Waals surface area (Å²) in [6, 6.07) is 5.88. The van der Waals surface area contributed by atoms with E-state index in [1.807, 2.05) is 12.1 Å². The maximum atomic E-state index is 11.8. The number of hydrogen-bond donors (Lipinski definition) is 0. The van der Waals surface area contributed by atoms with E-state index in [9.17, 15) is 9.59 Å². The van der Waals surface area contributed by atoms with E-state index < -0.39 is 5.78 Å². The van der Waals surface area contributed by atoms with Crippen molar-refractivity contribution in [1.29, 1.82) is 0 Å². The molecule has 0 aliphatic heterocycles. The molecule has 2 heteroatoms. The fourth-order valence-electron chi connectivity index (χ4n) is 3.66. The fraction of sp³-hybridized carbons (Fsp3) is 0.583. The van der Waals surface area contributed by atoms with E-state index in [-0.39, 0.29) is 5.78 Å². The number of hydrogen-bond acceptors (Lipinski definition) is 2. The first-order valence-corrected chi connectivity index (χ1v) is 10.6. The molecule has 0 saturated carbocycles. The first-order chi connectivity index (χ1) is 12.7. The van der Waals surface area contributed by atoms with Crippen molar-refractivity contribution in [2.75, 3.05) is 0 Å². The minimum Gasteiger partial charge on any atom is -0.286 e. The summed E-state index contributed by atoms with van der Waals surface area (Å²) in [5.74, 6) is -0.786. The van der Waals surface area contributed by atoms with E-state index in [0.29, 0.717) is 5.56 Å². The van der Waals surface area contributed by atoms with Crippen LogP contribution in [0.4, 0.5) is 0 Å². The minimum atomic E-state index is -0.411. The Morgan fingerprint density at radius 2 is 1.27 bits per heavy atom. The zero-order chi connectivity index (χ0) is 18.6. The van der Waals surface area contributed by atoms with E-state index in [0.717, 1.165) is 12.0 Å². The first-order valence-electron chi connectivity index (χ1n) is 10.6. The van der Waals surface area contributed by atoms with E-state index in [2.05, 4.69) is 13.0 Å². The highest BCUT2D eigenvalue weighted by Crippen LogP contribution is 2.20. The lowest BCUT2D eigenvalue weighted by molar-refractivity contribution is -0.110. The van der Waals surface area contributed by atoms with Gasteiger partial charge >= 0.3 is 0 Å². The van der Waals surface area contributed by atoms with Crippen molar-refractivity contribution in [2.45, 2.75) is 90.4 Å². The van der Waals surface area contributed by atoms with Crippen LogP contribution >= 0.6 is 0 Å². The highest BCUT2D eigenvalue weighted by Gasteiger charge is 2.20. The van der Waals surface area contributed by atoms with Gasteiger partial charge in [-0.1, -0.05) is 102 Å². The molecule has 1 aromatic carbocycles. The van der Waals surface area contributed by atoms with Crippen molar-refractivity contribution in [1.82, 2.24) is 0 Å². The van der Waals surface area contributed by atoms with Gasteiger partial charge in [-0.15, -0.1) is 0 Å². The molecule has 0 bridgehead atoms. The SMILES string of the molecule is CCCCCCCCCCCCCCc1ccc2c(c1)C=CC(=O)C2=O. The van der Waals surface area contributed by atoms with E-state index in [4.69, 9.17) is 0 Å². The Hall–Kier alpha value is -1.70.